The Balaban J connectivity index is 1.81. The molecule has 1 atom stereocenters. The SMILES string of the molecule is CC(N)COSC1CC1. The third-order valence-corrected chi connectivity index (χ3v) is 2.08. The lowest BCUT2D eigenvalue weighted by Gasteiger charge is -2.03. The molecule has 0 heterocycles. The van der Waals surface area contributed by atoms with Gasteiger partial charge >= 0.3 is 0 Å². The van der Waals surface area contributed by atoms with Crippen molar-refractivity contribution in [1.82, 2.24) is 0 Å². The van der Waals surface area contributed by atoms with Crippen LogP contribution >= 0.6 is 12.0 Å². The zero-order valence-electron chi connectivity index (χ0n) is 5.67. The Labute approximate surface area is 60.3 Å². The summed E-state index contributed by atoms with van der Waals surface area (Å²) in [5.74, 6) is 0. The van der Waals surface area contributed by atoms with E-state index in [0.717, 1.165) is 5.25 Å². The van der Waals surface area contributed by atoms with Crippen molar-refractivity contribution in [2.45, 2.75) is 31.1 Å². The van der Waals surface area contributed by atoms with Gasteiger partial charge in [-0.3, -0.25) is 0 Å². The van der Waals surface area contributed by atoms with Crippen molar-refractivity contribution in [1.29, 1.82) is 0 Å². The summed E-state index contributed by atoms with van der Waals surface area (Å²) in [5, 5.41) is 0.781. The van der Waals surface area contributed by atoms with Crippen LogP contribution in [0, 0.1) is 0 Å². The largest absolute Gasteiger partial charge is 0.326 e. The molecule has 0 amide bonds. The minimum atomic E-state index is 0.177. The quantitative estimate of drug-likeness (QED) is 0.606. The second-order valence-electron chi connectivity index (χ2n) is 2.56. The van der Waals surface area contributed by atoms with Gasteiger partial charge in [0.15, 0.2) is 0 Å². The average molecular weight is 147 g/mol. The second-order valence-corrected chi connectivity index (χ2v) is 3.65. The summed E-state index contributed by atoms with van der Waals surface area (Å²) in [6.45, 7) is 2.63. The highest BCUT2D eigenvalue weighted by Gasteiger charge is 2.22. The van der Waals surface area contributed by atoms with Crippen molar-refractivity contribution in [3.63, 3.8) is 0 Å². The van der Waals surface area contributed by atoms with Crippen LogP contribution in [0.15, 0.2) is 0 Å². The standard InChI is InChI=1S/C6H13NOS/c1-5(7)4-8-9-6-2-3-6/h5-6H,2-4,7H2,1H3. The fraction of sp³-hybridized carbons (Fsp3) is 1.00. The maximum atomic E-state index is 5.46. The molecule has 1 saturated carbocycles. The molecule has 0 spiro atoms. The minimum absolute atomic E-state index is 0.177. The van der Waals surface area contributed by atoms with Crippen molar-refractivity contribution in [3.8, 4) is 0 Å². The lowest BCUT2D eigenvalue weighted by molar-refractivity contribution is 0.345. The summed E-state index contributed by atoms with van der Waals surface area (Å²) in [4.78, 5) is 0. The smallest absolute Gasteiger partial charge is 0.0762 e. The van der Waals surface area contributed by atoms with Gasteiger partial charge in [0.25, 0.3) is 0 Å². The molecule has 0 radical (unpaired) electrons. The van der Waals surface area contributed by atoms with Crippen molar-refractivity contribution in [3.05, 3.63) is 0 Å². The first kappa shape index (κ1) is 7.38. The van der Waals surface area contributed by atoms with Crippen molar-refractivity contribution < 1.29 is 4.18 Å². The van der Waals surface area contributed by atoms with Crippen LogP contribution in [0.5, 0.6) is 0 Å². The van der Waals surface area contributed by atoms with Gasteiger partial charge in [0.1, 0.15) is 0 Å². The lowest BCUT2D eigenvalue weighted by atomic mass is 10.4. The van der Waals surface area contributed by atoms with E-state index in [2.05, 4.69) is 0 Å². The first-order valence-corrected chi connectivity index (χ1v) is 4.13. The number of rotatable bonds is 4. The van der Waals surface area contributed by atoms with E-state index in [4.69, 9.17) is 9.92 Å². The van der Waals surface area contributed by atoms with Crippen LogP contribution in [0.25, 0.3) is 0 Å². The Morgan fingerprint density at radius 1 is 1.78 bits per heavy atom. The Hall–Kier alpha value is 0.270. The third-order valence-electron chi connectivity index (χ3n) is 1.06. The van der Waals surface area contributed by atoms with E-state index >= 15 is 0 Å². The summed E-state index contributed by atoms with van der Waals surface area (Å²) in [6.07, 6.45) is 2.65. The fourth-order valence-corrected chi connectivity index (χ4v) is 1.22. The van der Waals surface area contributed by atoms with Gasteiger partial charge in [-0.05, 0) is 31.8 Å². The average Bonchev–Trinajstić information content (AvgIpc) is 2.48. The van der Waals surface area contributed by atoms with E-state index in [1.165, 1.54) is 12.8 Å². The zero-order valence-corrected chi connectivity index (χ0v) is 6.49. The molecule has 1 rings (SSSR count). The highest BCUT2D eigenvalue weighted by Crippen LogP contribution is 2.34. The van der Waals surface area contributed by atoms with Crippen LogP contribution in [0.3, 0.4) is 0 Å². The maximum absolute atomic E-state index is 5.46. The normalized spacial score (nSPS) is 22.0. The predicted octanol–water partition coefficient (Wildman–Crippen LogP) is 1.16. The van der Waals surface area contributed by atoms with Gasteiger partial charge in [0.05, 0.1) is 6.61 Å². The molecule has 0 aromatic rings. The third kappa shape index (κ3) is 3.78. The van der Waals surface area contributed by atoms with Gasteiger partial charge in [-0.25, -0.2) is 0 Å². The summed E-state index contributed by atoms with van der Waals surface area (Å²) >= 11 is 1.59. The van der Waals surface area contributed by atoms with Crippen LogP contribution < -0.4 is 5.73 Å². The molecule has 2 N–H and O–H groups in total. The second kappa shape index (κ2) is 3.44. The molecule has 1 aliphatic carbocycles. The topological polar surface area (TPSA) is 35.2 Å². The molecule has 1 unspecified atom stereocenters. The molecule has 0 aromatic carbocycles. The minimum Gasteiger partial charge on any atom is -0.326 e. The molecule has 9 heavy (non-hydrogen) atoms. The first-order valence-electron chi connectivity index (χ1n) is 3.33. The van der Waals surface area contributed by atoms with Crippen LogP contribution in [-0.4, -0.2) is 17.9 Å². The zero-order chi connectivity index (χ0) is 6.69. The number of hydrogen-bond acceptors (Lipinski definition) is 3. The Morgan fingerprint density at radius 3 is 2.89 bits per heavy atom. The van der Waals surface area contributed by atoms with Gasteiger partial charge in [0.2, 0.25) is 0 Å². The molecule has 3 heteroatoms. The van der Waals surface area contributed by atoms with Crippen molar-refractivity contribution in [2.24, 2.45) is 5.73 Å². The van der Waals surface area contributed by atoms with Crippen LogP contribution in [0.1, 0.15) is 19.8 Å². The van der Waals surface area contributed by atoms with Crippen LogP contribution in [-0.2, 0) is 4.18 Å². The molecular formula is C6H13NOS. The molecule has 0 saturated heterocycles. The van der Waals surface area contributed by atoms with Gasteiger partial charge in [-0.1, -0.05) is 0 Å². The fourth-order valence-electron chi connectivity index (χ4n) is 0.407. The summed E-state index contributed by atoms with van der Waals surface area (Å²) < 4.78 is 5.21. The highest BCUT2D eigenvalue weighted by molar-refractivity contribution is 7.95. The Morgan fingerprint density at radius 2 is 2.44 bits per heavy atom. The molecule has 54 valence electrons. The van der Waals surface area contributed by atoms with E-state index in [1.54, 1.807) is 12.0 Å². The van der Waals surface area contributed by atoms with Crippen LogP contribution in [0.2, 0.25) is 0 Å². The van der Waals surface area contributed by atoms with Crippen molar-refractivity contribution in [2.75, 3.05) is 6.61 Å². The number of hydrogen-bond donors (Lipinski definition) is 1. The molecular weight excluding hydrogens is 134 g/mol. The highest BCUT2D eigenvalue weighted by atomic mass is 32.2. The monoisotopic (exact) mass is 147 g/mol. The van der Waals surface area contributed by atoms with E-state index < -0.39 is 0 Å². The lowest BCUT2D eigenvalue weighted by Crippen LogP contribution is -2.20. The Bertz CT molecular complexity index is 81.1. The van der Waals surface area contributed by atoms with Gasteiger partial charge in [-0.15, -0.1) is 0 Å². The summed E-state index contributed by atoms with van der Waals surface area (Å²) in [6, 6.07) is 0.177. The maximum Gasteiger partial charge on any atom is 0.0762 e. The van der Waals surface area contributed by atoms with Crippen molar-refractivity contribution >= 4 is 12.0 Å². The van der Waals surface area contributed by atoms with E-state index in [-0.39, 0.29) is 6.04 Å². The number of nitrogens with two attached hydrogens (primary N) is 1. The predicted molar refractivity (Wildman–Crippen MR) is 40.2 cm³/mol. The van der Waals surface area contributed by atoms with Gasteiger partial charge in [-0.2, -0.15) is 0 Å². The van der Waals surface area contributed by atoms with Crippen LogP contribution in [0.4, 0.5) is 0 Å². The molecule has 0 aliphatic heterocycles. The molecule has 1 aliphatic rings. The molecule has 0 bridgehead atoms. The Kier molecular flexibility index (Phi) is 2.82. The van der Waals surface area contributed by atoms with E-state index in [9.17, 15) is 0 Å². The molecule has 0 aromatic heterocycles. The molecule has 2 nitrogen and oxygen atoms in total. The molecule has 1 fully saturated rings. The van der Waals surface area contributed by atoms with Gasteiger partial charge < -0.3 is 9.92 Å². The van der Waals surface area contributed by atoms with Gasteiger partial charge in [0, 0.05) is 11.3 Å². The summed E-state index contributed by atoms with van der Waals surface area (Å²) in [5.41, 5.74) is 5.46. The van der Waals surface area contributed by atoms with E-state index in [1.807, 2.05) is 6.92 Å². The van der Waals surface area contributed by atoms with E-state index in [0.29, 0.717) is 6.61 Å². The first-order chi connectivity index (χ1) is 4.29. The summed E-state index contributed by atoms with van der Waals surface area (Å²) in [7, 11) is 0.